The Hall–Kier alpha value is -1.17. The number of hydrogen-bond acceptors (Lipinski definition) is 5. The second kappa shape index (κ2) is 5.86. The average molecular weight is 263 g/mol. The number of hydrogen-bond donors (Lipinski definition) is 2. The zero-order valence-corrected chi connectivity index (χ0v) is 11.1. The van der Waals surface area contributed by atoms with Crippen LogP contribution in [0, 0.1) is 5.92 Å². The van der Waals surface area contributed by atoms with E-state index in [0.29, 0.717) is 12.5 Å². The van der Waals surface area contributed by atoms with Crippen molar-refractivity contribution in [3.05, 3.63) is 24.5 Å². The van der Waals surface area contributed by atoms with E-state index in [2.05, 4.69) is 15.6 Å². The van der Waals surface area contributed by atoms with E-state index in [1.54, 1.807) is 6.20 Å². The van der Waals surface area contributed by atoms with E-state index in [4.69, 9.17) is 9.47 Å². The molecule has 1 aromatic rings. The Labute approximate surface area is 113 Å². The Morgan fingerprint density at radius 3 is 3.42 bits per heavy atom. The molecule has 104 valence electrons. The minimum Gasteiger partial charge on any atom is -0.383 e. The van der Waals surface area contributed by atoms with Gasteiger partial charge in [-0.05, 0) is 18.6 Å². The molecular weight excluding hydrogens is 242 g/mol. The fraction of sp³-hybridized carbons (Fsp3) is 0.643. The van der Waals surface area contributed by atoms with Gasteiger partial charge in [-0.25, -0.2) is 0 Å². The fourth-order valence-corrected chi connectivity index (χ4v) is 2.79. The number of pyridine rings is 1. The summed E-state index contributed by atoms with van der Waals surface area (Å²) in [5, 5.41) is 6.81. The van der Waals surface area contributed by atoms with Crippen LogP contribution < -0.4 is 10.6 Å². The number of aromatic nitrogens is 1. The van der Waals surface area contributed by atoms with Crippen molar-refractivity contribution in [1.29, 1.82) is 0 Å². The number of ether oxygens (including phenoxy) is 2. The molecule has 0 amide bonds. The largest absolute Gasteiger partial charge is 0.383 e. The maximum Gasteiger partial charge on any atom is 0.104 e. The summed E-state index contributed by atoms with van der Waals surface area (Å²) in [6.45, 7) is 5.04. The van der Waals surface area contributed by atoms with Gasteiger partial charge < -0.3 is 20.1 Å². The van der Waals surface area contributed by atoms with Gasteiger partial charge in [0, 0.05) is 37.9 Å². The SMILES string of the molecule is c1cncc(NC[C@@H]2CO[C@]3(CNCCOC3)C2)c1. The highest BCUT2D eigenvalue weighted by molar-refractivity contribution is 5.39. The van der Waals surface area contributed by atoms with E-state index in [-0.39, 0.29) is 5.60 Å². The first kappa shape index (κ1) is 12.8. The van der Waals surface area contributed by atoms with Gasteiger partial charge in [0.25, 0.3) is 0 Å². The van der Waals surface area contributed by atoms with Crippen LogP contribution >= 0.6 is 0 Å². The lowest BCUT2D eigenvalue weighted by Crippen LogP contribution is -2.42. The number of nitrogens with zero attached hydrogens (tertiary/aromatic N) is 1. The molecule has 3 rings (SSSR count). The monoisotopic (exact) mass is 263 g/mol. The van der Waals surface area contributed by atoms with Crippen LogP contribution in [-0.2, 0) is 9.47 Å². The highest BCUT2D eigenvalue weighted by Gasteiger charge is 2.41. The molecule has 0 unspecified atom stereocenters. The summed E-state index contributed by atoms with van der Waals surface area (Å²) >= 11 is 0. The van der Waals surface area contributed by atoms with Crippen LogP contribution in [0.15, 0.2) is 24.5 Å². The Morgan fingerprint density at radius 2 is 2.53 bits per heavy atom. The van der Waals surface area contributed by atoms with Crippen LogP contribution in [0.25, 0.3) is 0 Å². The predicted molar refractivity (Wildman–Crippen MR) is 73.2 cm³/mol. The first-order valence-electron chi connectivity index (χ1n) is 6.93. The van der Waals surface area contributed by atoms with E-state index in [1.165, 1.54) is 0 Å². The summed E-state index contributed by atoms with van der Waals surface area (Å²) < 4.78 is 11.6. The highest BCUT2D eigenvalue weighted by atomic mass is 16.5. The molecular formula is C14H21N3O2. The molecule has 2 atom stereocenters. The van der Waals surface area contributed by atoms with Gasteiger partial charge in [0.15, 0.2) is 0 Å². The van der Waals surface area contributed by atoms with Crippen LogP contribution in [-0.4, -0.2) is 50.0 Å². The minimum absolute atomic E-state index is 0.113. The summed E-state index contributed by atoms with van der Waals surface area (Å²) in [6, 6.07) is 3.98. The molecule has 0 saturated carbocycles. The third kappa shape index (κ3) is 3.23. The van der Waals surface area contributed by atoms with Crippen molar-refractivity contribution in [1.82, 2.24) is 10.3 Å². The molecule has 0 bridgehead atoms. The Bertz CT molecular complexity index is 391. The van der Waals surface area contributed by atoms with E-state index in [1.807, 2.05) is 18.3 Å². The van der Waals surface area contributed by atoms with Gasteiger partial charge in [-0.15, -0.1) is 0 Å². The Kier molecular flexibility index (Phi) is 3.96. The smallest absolute Gasteiger partial charge is 0.104 e. The summed E-state index contributed by atoms with van der Waals surface area (Å²) in [5.41, 5.74) is 0.955. The molecule has 19 heavy (non-hydrogen) atoms. The van der Waals surface area contributed by atoms with Gasteiger partial charge in [-0.2, -0.15) is 0 Å². The summed E-state index contributed by atoms with van der Waals surface area (Å²) in [6.07, 6.45) is 4.68. The standard InChI is InChI=1S/C14H21N3O2/c1-2-13(8-15-3-1)17-7-12-6-14(19-9-12)10-16-4-5-18-11-14/h1-3,8,12,16-17H,4-7,9-11H2/t12-,14+/m1/s1. The van der Waals surface area contributed by atoms with Crippen LogP contribution in [0.1, 0.15) is 6.42 Å². The lowest BCUT2D eigenvalue weighted by atomic mass is 9.94. The summed E-state index contributed by atoms with van der Waals surface area (Å²) in [7, 11) is 0. The van der Waals surface area contributed by atoms with Crippen LogP contribution in [0.5, 0.6) is 0 Å². The molecule has 0 radical (unpaired) electrons. The third-order valence-corrected chi connectivity index (χ3v) is 3.78. The van der Waals surface area contributed by atoms with Gasteiger partial charge in [0.2, 0.25) is 0 Å². The van der Waals surface area contributed by atoms with Gasteiger partial charge in [0.1, 0.15) is 5.60 Å². The lowest BCUT2D eigenvalue weighted by Gasteiger charge is -2.25. The van der Waals surface area contributed by atoms with Crippen molar-refractivity contribution in [2.75, 3.05) is 44.8 Å². The maximum atomic E-state index is 6.02. The van der Waals surface area contributed by atoms with Gasteiger partial charge in [0.05, 0.1) is 25.5 Å². The highest BCUT2D eigenvalue weighted by Crippen LogP contribution is 2.31. The topological polar surface area (TPSA) is 55.4 Å². The predicted octanol–water partition coefficient (Wildman–Crippen LogP) is 0.889. The molecule has 5 heteroatoms. The Balaban J connectivity index is 1.51. The molecule has 0 aromatic carbocycles. The number of rotatable bonds is 3. The third-order valence-electron chi connectivity index (χ3n) is 3.78. The molecule has 2 fully saturated rings. The maximum absolute atomic E-state index is 6.02. The van der Waals surface area contributed by atoms with Crippen molar-refractivity contribution in [3.8, 4) is 0 Å². The van der Waals surface area contributed by atoms with Gasteiger partial charge in [-0.1, -0.05) is 0 Å². The minimum atomic E-state index is -0.113. The normalized spacial score (nSPS) is 31.3. The van der Waals surface area contributed by atoms with Gasteiger partial charge >= 0.3 is 0 Å². The van der Waals surface area contributed by atoms with Crippen LogP contribution in [0.4, 0.5) is 5.69 Å². The first-order valence-corrected chi connectivity index (χ1v) is 6.93. The number of anilines is 1. The second-order valence-corrected chi connectivity index (χ2v) is 5.42. The van der Waals surface area contributed by atoms with Crippen molar-refractivity contribution in [2.24, 2.45) is 5.92 Å². The molecule has 1 spiro atoms. The lowest BCUT2D eigenvalue weighted by molar-refractivity contribution is -0.0471. The van der Waals surface area contributed by atoms with E-state index in [0.717, 1.165) is 45.0 Å². The van der Waals surface area contributed by atoms with Crippen molar-refractivity contribution < 1.29 is 9.47 Å². The zero-order valence-electron chi connectivity index (χ0n) is 11.1. The fourth-order valence-electron chi connectivity index (χ4n) is 2.79. The Morgan fingerprint density at radius 1 is 1.53 bits per heavy atom. The van der Waals surface area contributed by atoms with Crippen molar-refractivity contribution in [3.63, 3.8) is 0 Å². The molecule has 1 aromatic heterocycles. The van der Waals surface area contributed by atoms with E-state index >= 15 is 0 Å². The molecule has 3 heterocycles. The quantitative estimate of drug-likeness (QED) is 0.848. The van der Waals surface area contributed by atoms with Crippen molar-refractivity contribution >= 4 is 5.69 Å². The zero-order chi connectivity index (χ0) is 13.0. The average Bonchev–Trinajstić information content (AvgIpc) is 2.70. The molecule has 2 aliphatic heterocycles. The molecule has 5 nitrogen and oxygen atoms in total. The molecule has 2 saturated heterocycles. The number of nitrogens with one attached hydrogen (secondary N) is 2. The second-order valence-electron chi connectivity index (χ2n) is 5.42. The van der Waals surface area contributed by atoms with Crippen LogP contribution in [0.2, 0.25) is 0 Å². The van der Waals surface area contributed by atoms with Crippen LogP contribution in [0.3, 0.4) is 0 Å². The molecule has 2 N–H and O–H groups in total. The van der Waals surface area contributed by atoms with Crippen molar-refractivity contribution in [2.45, 2.75) is 12.0 Å². The molecule has 0 aliphatic carbocycles. The van der Waals surface area contributed by atoms with E-state index in [9.17, 15) is 0 Å². The van der Waals surface area contributed by atoms with Gasteiger partial charge in [-0.3, -0.25) is 4.98 Å². The molecule has 2 aliphatic rings. The van der Waals surface area contributed by atoms with E-state index < -0.39 is 0 Å². The summed E-state index contributed by atoms with van der Waals surface area (Å²) in [5.74, 6) is 0.531. The summed E-state index contributed by atoms with van der Waals surface area (Å²) in [4.78, 5) is 4.10. The first-order chi connectivity index (χ1) is 9.36.